The van der Waals surface area contributed by atoms with Gasteiger partial charge in [-0.05, 0) is 24.0 Å². The molecular weight excluding hydrogens is 160 g/mol. The van der Waals surface area contributed by atoms with Crippen molar-refractivity contribution in [1.82, 2.24) is 0 Å². The smallest absolute Gasteiger partial charge is 0.0502 e. The summed E-state index contributed by atoms with van der Waals surface area (Å²) in [5.41, 5.74) is 2.64. The van der Waals surface area contributed by atoms with Gasteiger partial charge in [-0.15, -0.1) is 6.58 Å². The molecule has 1 heteroatoms. The zero-order chi connectivity index (χ0) is 9.52. The molecule has 0 bridgehead atoms. The molecule has 0 aliphatic rings. The number of methoxy groups -OCH3 is 1. The molecule has 0 N–H and O–H groups in total. The number of rotatable bonds is 5. The summed E-state index contributed by atoms with van der Waals surface area (Å²) in [6.45, 7) is 4.50. The molecular formula is C12H16O. The maximum atomic E-state index is 5.01. The van der Waals surface area contributed by atoms with Gasteiger partial charge in [0.1, 0.15) is 0 Å². The van der Waals surface area contributed by atoms with Crippen LogP contribution in [-0.2, 0) is 17.6 Å². The van der Waals surface area contributed by atoms with Gasteiger partial charge in [-0.25, -0.2) is 0 Å². The highest BCUT2D eigenvalue weighted by atomic mass is 16.5. The maximum absolute atomic E-state index is 5.01. The molecule has 0 unspecified atom stereocenters. The Bertz CT molecular complexity index is 248. The van der Waals surface area contributed by atoms with E-state index < -0.39 is 0 Å². The van der Waals surface area contributed by atoms with Crippen molar-refractivity contribution in [3.05, 3.63) is 48.0 Å². The number of hydrogen-bond acceptors (Lipinski definition) is 1. The molecule has 13 heavy (non-hydrogen) atoms. The zero-order valence-electron chi connectivity index (χ0n) is 8.12. The van der Waals surface area contributed by atoms with E-state index in [1.165, 1.54) is 11.1 Å². The third kappa shape index (κ3) is 3.43. The summed E-state index contributed by atoms with van der Waals surface area (Å²) in [4.78, 5) is 0. The van der Waals surface area contributed by atoms with Crippen molar-refractivity contribution in [3.63, 3.8) is 0 Å². The Labute approximate surface area is 80.0 Å². The van der Waals surface area contributed by atoms with Crippen LogP contribution in [0, 0.1) is 0 Å². The Morgan fingerprint density at radius 2 is 1.85 bits per heavy atom. The second kappa shape index (κ2) is 5.55. The molecule has 0 aliphatic heterocycles. The van der Waals surface area contributed by atoms with E-state index in [1.807, 2.05) is 6.08 Å². The lowest BCUT2D eigenvalue weighted by Crippen LogP contribution is -1.94. The minimum Gasteiger partial charge on any atom is -0.384 e. The van der Waals surface area contributed by atoms with Gasteiger partial charge in [0.15, 0.2) is 0 Å². The monoisotopic (exact) mass is 176 g/mol. The van der Waals surface area contributed by atoms with Crippen molar-refractivity contribution in [1.29, 1.82) is 0 Å². The van der Waals surface area contributed by atoms with Crippen LogP contribution in [0.25, 0.3) is 0 Å². The van der Waals surface area contributed by atoms with Crippen molar-refractivity contribution < 1.29 is 4.74 Å². The van der Waals surface area contributed by atoms with Crippen LogP contribution >= 0.6 is 0 Å². The van der Waals surface area contributed by atoms with Gasteiger partial charge in [0.2, 0.25) is 0 Å². The fraction of sp³-hybridized carbons (Fsp3) is 0.333. The van der Waals surface area contributed by atoms with Crippen LogP contribution in [0.15, 0.2) is 36.9 Å². The first-order chi connectivity index (χ1) is 6.36. The van der Waals surface area contributed by atoms with Crippen molar-refractivity contribution in [2.24, 2.45) is 0 Å². The number of hydrogen-bond donors (Lipinski definition) is 0. The normalized spacial score (nSPS) is 9.92. The Kier molecular flexibility index (Phi) is 4.27. The highest BCUT2D eigenvalue weighted by Crippen LogP contribution is 2.06. The van der Waals surface area contributed by atoms with Crippen molar-refractivity contribution in [2.75, 3.05) is 13.7 Å². The Morgan fingerprint density at radius 3 is 2.38 bits per heavy atom. The number of ether oxygens (including phenoxy) is 1. The van der Waals surface area contributed by atoms with Crippen LogP contribution in [0.1, 0.15) is 11.1 Å². The molecule has 0 fully saturated rings. The first-order valence-electron chi connectivity index (χ1n) is 4.54. The summed E-state index contributed by atoms with van der Waals surface area (Å²) >= 11 is 0. The molecule has 0 aromatic heterocycles. The van der Waals surface area contributed by atoms with Gasteiger partial charge in [-0.2, -0.15) is 0 Å². The second-order valence-corrected chi connectivity index (χ2v) is 3.05. The Morgan fingerprint density at radius 1 is 1.23 bits per heavy atom. The van der Waals surface area contributed by atoms with E-state index >= 15 is 0 Å². The van der Waals surface area contributed by atoms with Crippen molar-refractivity contribution >= 4 is 0 Å². The van der Waals surface area contributed by atoms with Gasteiger partial charge in [0.05, 0.1) is 6.61 Å². The first kappa shape index (κ1) is 10.0. The fourth-order valence-electron chi connectivity index (χ4n) is 1.23. The average Bonchev–Trinajstić information content (AvgIpc) is 2.17. The van der Waals surface area contributed by atoms with Crippen LogP contribution in [0.3, 0.4) is 0 Å². The van der Waals surface area contributed by atoms with Gasteiger partial charge in [0.25, 0.3) is 0 Å². The van der Waals surface area contributed by atoms with Crippen LogP contribution < -0.4 is 0 Å². The lowest BCUT2D eigenvalue weighted by Gasteiger charge is -2.01. The first-order valence-corrected chi connectivity index (χ1v) is 4.54. The van der Waals surface area contributed by atoms with E-state index in [0.29, 0.717) is 0 Å². The topological polar surface area (TPSA) is 9.23 Å². The summed E-state index contributed by atoms with van der Waals surface area (Å²) in [7, 11) is 1.73. The Hall–Kier alpha value is -1.08. The van der Waals surface area contributed by atoms with Crippen LogP contribution in [0.4, 0.5) is 0 Å². The molecule has 1 rings (SSSR count). The lowest BCUT2D eigenvalue weighted by atomic mass is 10.1. The third-order valence-corrected chi connectivity index (χ3v) is 2.00. The van der Waals surface area contributed by atoms with Crippen LogP contribution in [-0.4, -0.2) is 13.7 Å². The molecule has 1 aromatic rings. The summed E-state index contributed by atoms with van der Waals surface area (Å²) in [6.07, 6.45) is 3.86. The van der Waals surface area contributed by atoms with Crippen LogP contribution in [0.5, 0.6) is 0 Å². The lowest BCUT2D eigenvalue weighted by molar-refractivity contribution is 0.202. The quantitative estimate of drug-likeness (QED) is 0.627. The van der Waals surface area contributed by atoms with Crippen molar-refractivity contribution in [2.45, 2.75) is 12.8 Å². The van der Waals surface area contributed by atoms with Crippen molar-refractivity contribution in [3.8, 4) is 0 Å². The van der Waals surface area contributed by atoms with Gasteiger partial charge in [0, 0.05) is 7.11 Å². The van der Waals surface area contributed by atoms with E-state index in [4.69, 9.17) is 4.74 Å². The highest BCUT2D eigenvalue weighted by molar-refractivity contribution is 5.23. The SMILES string of the molecule is C=CCc1ccc(CCOC)cc1. The largest absolute Gasteiger partial charge is 0.384 e. The highest BCUT2D eigenvalue weighted by Gasteiger charge is 1.92. The van der Waals surface area contributed by atoms with E-state index in [2.05, 4.69) is 30.8 Å². The van der Waals surface area contributed by atoms with Crippen LogP contribution in [0.2, 0.25) is 0 Å². The van der Waals surface area contributed by atoms with Gasteiger partial charge < -0.3 is 4.74 Å². The third-order valence-electron chi connectivity index (χ3n) is 2.00. The molecule has 0 spiro atoms. The fourth-order valence-corrected chi connectivity index (χ4v) is 1.23. The predicted octanol–water partition coefficient (Wildman–Crippen LogP) is 2.60. The van der Waals surface area contributed by atoms with E-state index in [-0.39, 0.29) is 0 Å². The van der Waals surface area contributed by atoms with Gasteiger partial charge in [-0.1, -0.05) is 30.3 Å². The number of benzene rings is 1. The molecule has 1 aromatic carbocycles. The van der Waals surface area contributed by atoms with E-state index in [9.17, 15) is 0 Å². The average molecular weight is 176 g/mol. The van der Waals surface area contributed by atoms with Gasteiger partial charge >= 0.3 is 0 Å². The molecule has 0 saturated carbocycles. The van der Waals surface area contributed by atoms with E-state index in [0.717, 1.165) is 19.4 Å². The molecule has 0 radical (unpaired) electrons. The standard InChI is InChI=1S/C12H16O/c1-3-4-11-5-7-12(8-6-11)9-10-13-2/h3,5-8H,1,4,9-10H2,2H3. The summed E-state index contributed by atoms with van der Waals surface area (Å²) in [6, 6.07) is 8.59. The predicted molar refractivity (Wildman–Crippen MR) is 55.9 cm³/mol. The second-order valence-electron chi connectivity index (χ2n) is 3.05. The van der Waals surface area contributed by atoms with Gasteiger partial charge in [-0.3, -0.25) is 0 Å². The zero-order valence-corrected chi connectivity index (χ0v) is 8.12. The molecule has 0 amide bonds. The minimum absolute atomic E-state index is 0.792. The number of allylic oxidation sites excluding steroid dienone is 1. The minimum atomic E-state index is 0.792. The molecule has 70 valence electrons. The molecule has 0 saturated heterocycles. The summed E-state index contributed by atoms with van der Waals surface area (Å²) in [5.74, 6) is 0. The maximum Gasteiger partial charge on any atom is 0.0502 e. The molecule has 1 nitrogen and oxygen atoms in total. The summed E-state index contributed by atoms with van der Waals surface area (Å²) < 4.78 is 5.01. The molecule has 0 aliphatic carbocycles. The Balaban J connectivity index is 2.53. The molecule has 0 heterocycles. The van der Waals surface area contributed by atoms with E-state index in [1.54, 1.807) is 7.11 Å². The molecule has 0 atom stereocenters. The summed E-state index contributed by atoms with van der Waals surface area (Å²) in [5, 5.41) is 0.